The van der Waals surface area contributed by atoms with Crippen molar-refractivity contribution < 1.29 is 9.47 Å². The van der Waals surface area contributed by atoms with Crippen molar-refractivity contribution in [2.75, 3.05) is 32.1 Å². The third kappa shape index (κ3) is 5.87. The van der Waals surface area contributed by atoms with Crippen LogP contribution in [0.4, 0.5) is 5.69 Å². The van der Waals surface area contributed by atoms with Gasteiger partial charge in [-0.25, -0.2) is 0 Å². The number of anilines is 1. The van der Waals surface area contributed by atoms with Crippen LogP contribution in [0.5, 0.6) is 11.5 Å². The molecule has 2 N–H and O–H groups in total. The molecule has 0 bridgehead atoms. The highest BCUT2D eigenvalue weighted by atomic mass is 16.5. The van der Waals surface area contributed by atoms with Crippen molar-refractivity contribution >= 4 is 11.6 Å². The van der Waals surface area contributed by atoms with Gasteiger partial charge in [0, 0.05) is 44.2 Å². The minimum atomic E-state index is 0.600. The van der Waals surface area contributed by atoms with Crippen molar-refractivity contribution in [1.82, 2.24) is 20.1 Å². The van der Waals surface area contributed by atoms with Gasteiger partial charge < -0.3 is 24.7 Å². The Kier molecular flexibility index (Phi) is 8.35. The Bertz CT molecular complexity index is 833. The Labute approximate surface area is 179 Å². The van der Waals surface area contributed by atoms with E-state index in [1.807, 2.05) is 25.1 Å². The molecule has 1 aliphatic heterocycles. The third-order valence-electron chi connectivity index (χ3n) is 5.08. The van der Waals surface area contributed by atoms with Crippen LogP contribution < -0.4 is 20.1 Å². The number of hydrogen-bond donors (Lipinski definition) is 2. The predicted octanol–water partition coefficient (Wildman–Crippen LogP) is 3.42. The number of rotatable bonds is 9. The van der Waals surface area contributed by atoms with Crippen LogP contribution in [-0.4, -0.2) is 47.5 Å². The van der Waals surface area contributed by atoms with Gasteiger partial charge in [-0.3, -0.25) is 4.99 Å². The SMILES string of the molecule is CCNC(=NCCCc1nnc2n1CCCCC2)Nc1ccc(OCC)c(OC)c1. The summed E-state index contributed by atoms with van der Waals surface area (Å²) >= 11 is 0. The maximum Gasteiger partial charge on any atom is 0.195 e. The molecule has 0 radical (unpaired) electrons. The maximum absolute atomic E-state index is 5.59. The normalized spacial score (nSPS) is 14.0. The lowest BCUT2D eigenvalue weighted by molar-refractivity contribution is 0.311. The van der Waals surface area contributed by atoms with Crippen molar-refractivity contribution in [1.29, 1.82) is 0 Å². The summed E-state index contributed by atoms with van der Waals surface area (Å²) in [5, 5.41) is 15.4. The molecule has 0 spiro atoms. The summed E-state index contributed by atoms with van der Waals surface area (Å²) in [4.78, 5) is 4.72. The van der Waals surface area contributed by atoms with Gasteiger partial charge in [-0.1, -0.05) is 6.42 Å². The highest BCUT2D eigenvalue weighted by Gasteiger charge is 2.14. The van der Waals surface area contributed by atoms with Gasteiger partial charge in [0.15, 0.2) is 17.5 Å². The molecule has 8 nitrogen and oxygen atoms in total. The van der Waals surface area contributed by atoms with E-state index >= 15 is 0 Å². The molecule has 0 aliphatic carbocycles. The van der Waals surface area contributed by atoms with E-state index in [0.29, 0.717) is 18.9 Å². The second-order valence-electron chi connectivity index (χ2n) is 7.28. The first-order valence-corrected chi connectivity index (χ1v) is 11.0. The molecular weight excluding hydrogens is 380 g/mol. The van der Waals surface area contributed by atoms with Gasteiger partial charge in [-0.05, 0) is 45.2 Å². The van der Waals surface area contributed by atoms with Gasteiger partial charge in [0.1, 0.15) is 11.6 Å². The number of ether oxygens (including phenoxy) is 2. The lowest BCUT2D eigenvalue weighted by atomic mass is 10.2. The standard InChI is InChI=1S/C22H34N6O2/c1-4-23-22(25-17-12-13-18(30-5-2)19(16-17)29-3)24-14-9-11-21-27-26-20-10-7-6-8-15-28(20)21/h12-13,16H,4-11,14-15H2,1-3H3,(H2,23,24,25). The van der Waals surface area contributed by atoms with Crippen LogP contribution in [0.2, 0.25) is 0 Å². The fourth-order valence-corrected chi connectivity index (χ4v) is 3.62. The van der Waals surface area contributed by atoms with Crippen molar-refractivity contribution in [2.45, 2.75) is 58.9 Å². The first kappa shape index (κ1) is 21.9. The molecule has 0 fully saturated rings. The zero-order valence-corrected chi connectivity index (χ0v) is 18.4. The number of aromatic nitrogens is 3. The summed E-state index contributed by atoms with van der Waals surface area (Å²) < 4.78 is 13.3. The summed E-state index contributed by atoms with van der Waals surface area (Å²) in [7, 11) is 1.64. The molecule has 2 aromatic rings. The fourth-order valence-electron chi connectivity index (χ4n) is 3.62. The van der Waals surface area contributed by atoms with Crippen LogP contribution in [0.15, 0.2) is 23.2 Å². The van der Waals surface area contributed by atoms with E-state index in [1.54, 1.807) is 7.11 Å². The average molecular weight is 415 g/mol. The lowest BCUT2D eigenvalue weighted by Crippen LogP contribution is -2.30. The van der Waals surface area contributed by atoms with Gasteiger partial charge in [0.05, 0.1) is 13.7 Å². The van der Waals surface area contributed by atoms with Gasteiger partial charge in [0.2, 0.25) is 0 Å². The monoisotopic (exact) mass is 414 g/mol. The van der Waals surface area contributed by atoms with E-state index in [-0.39, 0.29) is 0 Å². The van der Waals surface area contributed by atoms with Crippen LogP contribution in [0.1, 0.15) is 51.2 Å². The number of hydrogen-bond acceptors (Lipinski definition) is 5. The first-order valence-electron chi connectivity index (χ1n) is 11.0. The number of aliphatic imine (C=N–C) groups is 1. The zero-order chi connectivity index (χ0) is 21.2. The average Bonchev–Trinajstić information content (AvgIpc) is 2.98. The third-order valence-corrected chi connectivity index (χ3v) is 5.08. The van der Waals surface area contributed by atoms with E-state index in [9.17, 15) is 0 Å². The van der Waals surface area contributed by atoms with Crippen molar-refractivity contribution in [3.63, 3.8) is 0 Å². The summed E-state index contributed by atoms with van der Waals surface area (Å²) in [6.07, 6.45) is 6.59. The van der Waals surface area contributed by atoms with Gasteiger partial charge in [0.25, 0.3) is 0 Å². The van der Waals surface area contributed by atoms with Crippen LogP contribution in [-0.2, 0) is 19.4 Å². The quantitative estimate of drug-likeness (QED) is 0.371. The van der Waals surface area contributed by atoms with E-state index in [4.69, 9.17) is 14.5 Å². The minimum absolute atomic E-state index is 0.600. The molecule has 0 amide bonds. The number of methoxy groups -OCH3 is 1. The molecule has 164 valence electrons. The highest BCUT2D eigenvalue weighted by molar-refractivity contribution is 5.93. The number of aryl methyl sites for hydroxylation is 2. The maximum atomic E-state index is 5.59. The number of fused-ring (bicyclic) bond motifs is 1. The molecular formula is C22H34N6O2. The Morgan fingerprint density at radius 2 is 2.07 bits per heavy atom. The number of nitrogens with one attached hydrogen (secondary N) is 2. The molecule has 0 unspecified atom stereocenters. The Morgan fingerprint density at radius 3 is 2.87 bits per heavy atom. The van der Waals surface area contributed by atoms with E-state index in [0.717, 1.165) is 61.4 Å². The fraction of sp³-hybridized carbons (Fsp3) is 0.591. The zero-order valence-electron chi connectivity index (χ0n) is 18.4. The van der Waals surface area contributed by atoms with Gasteiger partial charge >= 0.3 is 0 Å². The summed E-state index contributed by atoms with van der Waals surface area (Å²) in [5.41, 5.74) is 0.901. The van der Waals surface area contributed by atoms with E-state index < -0.39 is 0 Å². The molecule has 1 aromatic carbocycles. The molecule has 0 saturated heterocycles. The minimum Gasteiger partial charge on any atom is -0.493 e. The Balaban J connectivity index is 1.58. The molecule has 1 aromatic heterocycles. The lowest BCUT2D eigenvalue weighted by Gasteiger charge is -2.14. The smallest absolute Gasteiger partial charge is 0.195 e. The summed E-state index contributed by atoms with van der Waals surface area (Å²) in [6, 6.07) is 5.79. The van der Waals surface area contributed by atoms with E-state index in [1.165, 1.54) is 19.3 Å². The number of benzene rings is 1. The molecule has 8 heteroatoms. The number of nitrogens with zero attached hydrogens (tertiary/aromatic N) is 4. The van der Waals surface area contributed by atoms with Crippen LogP contribution in [0.25, 0.3) is 0 Å². The van der Waals surface area contributed by atoms with Crippen LogP contribution in [0.3, 0.4) is 0 Å². The molecule has 30 heavy (non-hydrogen) atoms. The molecule has 2 heterocycles. The van der Waals surface area contributed by atoms with Gasteiger partial charge in [-0.15, -0.1) is 10.2 Å². The van der Waals surface area contributed by atoms with Crippen molar-refractivity contribution in [2.24, 2.45) is 4.99 Å². The molecule has 0 saturated carbocycles. The van der Waals surface area contributed by atoms with Gasteiger partial charge in [-0.2, -0.15) is 0 Å². The van der Waals surface area contributed by atoms with Crippen LogP contribution >= 0.6 is 0 Å². The molecule has 0 atom stereocenters. The molecule has 1 aliphatic rings. The Morgan fingerprint density at radius 1 is 1.17 bits per heavy atom. The van der Waals surface area contributed by atoms with Crippen LogP contribution in [0, 0.1) is 0 Å². The largest absolute Gasteiger partial charge is 0.493 e. The second-order valence-corrected chi connectivity index (χ2v) is 7.28. The predicted molar refractivity (Wildman–Crippen MR) is 120 cm³/mol. The summed E-state index contributed by atoms with van der Waals surface area (Å²) in [5.74, 6) is 4.43. The van der Waals surface area contributed by atoms with E-state index in [2.05, 4.69) is 32.3 Å². The summed E-state index contributed by atoms with van der Waals surface area (Å²) in [6.45, 7) is 7.16. The van der Waals surface area contributed by atoms with Crippen molar-refractivity contribution in [3.05, 3.63) is 29.8 Å². The van der Waals surface area contributed by atoms with Crippen molar-refractivity contribution in [3.8, 4) is 11.5 Å². The topological polar surface area (TPSA) is 85.6 Å². The first-order chi connectivity index (χ1) is 14.7. The second kappa shape index (κ2) is 11.4. The highest BCUT2D eigenvalue weighted by Crippen LogP contribution is 2.30. The molecule has 3 rings (SSSR count). The number of guanidine groups is 1. The Hall–Kier alpha value is -2.77.